The first-order valence-corrected chi connectivity index (χ1v) is 5.60. The van der Waals surface area contributed by atoms with Gasteiger partial charge in [-0.05, 0) is 12.1 Å². The number of carbonyl (C=O) groups excluding carboxylic acids is 1. The van der Waals surface area contributed by atoms with E-state index in [0.717, 1.165) is 5.56 Å². The molecule has 0 radical (unpaired) electrons. The summed E-state index contributed by atoms with van der Waals surface area (Å²) in [4.78, 5) is 11.3. The van der Waals surface area contributed by atoms with E-state index in [4.69, 9.17) is 9.68 Å². The van der Waals surface area contributed by atoms with Crippen LogP contribution in [0.3, 0.4) is 0 Å². The molecule has 4 heteroatoms. The van der Waals surface area contributed by atoms with Crippen molar-refractivity contribution in [3.63, 3.8) is 0 Å². The highest BCUT2D eigenvalue weighted by molar-refractivity contribution is 5.97. The highest BCUT2D eigenvalue weighted by Gasteiger charge is 2.10. The number of hydrogen-bond acceptors (Lipinski definition) is 4. The van der Waals surface area contributed by atoms with E-state index in [1.807, 2.05) is 30.3 Å². The Kier molecular flexibility index (Phi) is 3.79. The molecule has 1 aromatic heterocycles. The largest absolute Gasteiger partial charge is 0.465 e. The molecule has 94 valence electrons. The molecule has 1 heterocycles. The maximum atomic E-state index is 11.3. The van der Waals surface area contributed by atoms with Crippen LogP contribution in [0.4, 0.5) is 0 Å². The van der Waals surface area contributed by atoms with E-state index in [1.165, 1.54) is 13.2 Å². The molecule has 0 unspecified atom stereocenters. The second-order valence-electron chi connectivity index (χ2n) is 3.73. The fraction of sp³-hybridized carbons (Fsp3) is 0.0667. The topological polar surface area (TPSA) is 63.2 Å². The zero-order valence-corrected chi connectivity index (χ0v) is 10.3. The van der Waals surface area contributed by atoms with Crippen molar-refractivity contribution in [3.05, 3.63) is 53.8 Å². The third-order valence-electron chi connectivity index (χ3n) is 2.50. The normalized spacial score (nSPS) is 10.8. The van der Waals surface area contributed by atoms with Crippen LogP contribution in [0.25, 0.3) is 17.4 Å². The average molecular weight is 253 g/mol. The van der Waals surface area contributed by atoms with Crippen LogP contribution in [0.2, 0.25) is 0 Å². The third-order valence-corrected chi connectivity index (χ3v) is 2.50. The maximum Gasteiger partial charge on any atom is 0.348 e. The van der Waals surface area contributed by atoms with Crippen molar-refractivity contribution in [2.24, 2.45) is 0 Å². The van der Waals surface area contributed by atoms with Gasteiger partial charge in [0.2, 0.25) is 0 Å². The van der Waals surface area contributed by atoms with Crippen molar-refractivity contribution in [3.8, 4) is 17.4 Å². The van der Waals surface area contributed by atoms with Gasteiger partial charge in [0.05, 0.1) is 7.11 Å². The number of ether oxygens (including phenoxy) is 1. The van der Waals surface area contributed by atoms with Crippen LogP contribution in [-0.2, 0) is 9.53 Å². The van der Waals surface area contributed by atoms with E-state index in [-0.39, 0.29) is 5.57 Å². The van der Waals surface area contributed by atoms with Crippen molar-refractivity contribution in [2.45, 2.75) is 0 Å². The molecule has 0 aliphatic rings. The Labute approximate surface area is 110 Å². The van der Waals surface area contributed by atoms with Gasteiger partial charge in [-0.15, -0.1) is 0 Å². The molecule has 4 nitrogen and oxygen atoms in total. The van der Waals surface area contributed by atoms with Crippen molar-refractivity contribution < 1.29 is 13.9 Å². The lowest BCUT2D eigenvalue weighted by Gasteiger charge is -1.96. The summed E-state index contributed by atoms with van der Waals surface area (Å²) in [6.45, 7) is 0. The Morgan fingerprint density at radius 1 is 1.26 bits per heavy atom. The summed E-state index contributed by atoms with van der Waals surface area (Å²) >= 11 is 0. The van der Waals surface area contributed by atoms with Crippen LogP contribution in [0, 0.1) is 11.3 Å². The average Bonchev–Trinajstić information content (AvgIpc) is 2.93. The zero-order chi connectivity index (χ0) is 13.7. The molecule has 0 amide bonds. The number of carbonyl (C=O) groups is 1. The van der Waals surface area contributed by atoms with Crippen molar-refractivity contribution in [1.29, 1.82) is 5.26 Å². The highest BCUT2D eigenvalue weighted by atomic mass is 16.5. The molecule has 0 N–H and O–H groups in total. The molecule has 0 saturated heterocycles. The number of nitrogens with zero attached hydrogens (tertiary/aromatic N) is 1. The highest BCUT2D eigenvalue weighted by Crippen LogP contribution is 2.23. The summed E-state index contributed by atoms with van der Waals surface area (Å²) in [5.41, 5.74) is 0.829. The van der Waals surface area contributed by atoms with Crippen LogP contribution in [0.5, 0.6) is 0 Å². The van der Waals surface area contributed by atoms with Gasteiger partial charge in [0.25, 0.3) is 0 Å². The molecule has 0 atom stereocenters. The molecule has 1 aromatic carbocycles. The molecule has 19 heavy (non-hydrogen) atoms. The smallest absolute Gasteiger partial charge is 0.348 e. The summed E-state index contributed by atoms with van der Waals surface area (Å²) in [6.07, 6.45) is 1.36. The lowest BCUT2D eigenvalue weighted by molar-refractivity contribution is -0.135. The SMILES string of the molecule is COC(=O)/C(C#N)=C\c1ccc(-c2ccccc2)o1. The maximum absolute atomic E-state index is 11.3. The van der Waals surface area contributed by atoms with Crippen LogP contribution in [-0.4, -0.2) is 13.1 Å². The predicted octanol–water partition coefficient (Wildman–Crippen LogP) is 3.03. The number of esters is 1. The van der Waals surface area contributed by atoms with Gasteiger partial charge in [0, 0.05) is 11.6 Å². The Hall–Kier alpha value is -2.80. The number of rotatable bonds is 3. The molecule has 2 aromatic rings. The molecular formula is C15H11NO3. The predicted molar refractivity (Wildman–Crippen MR) is 69.8 cm³/mol. The van der Waals surface area contributed by atoms with E-state index >= 15 is 0 Å². The van der Waals surface area contributed by atoms with Crippen LogP contribution in [0.1, 0.15) is 5.76 Å². The van der Waals surface area contributed by atoms with Gasteiger partial charge in [-0.3, -0.25) is 0 Å². The Bertz CT molecular complexity index is 648. The van der Waals surface area contributed by atoms with Gasteiger partial charge in [0.15, 0.2) is 0 Å². The molecule has 0 aliphatic carbocycles. The summed E-state index contributed by atoms with van der Waals surface area (Å²) in [5.74, 6) is 0.426. The molecule has 0 fully saturated rings. The molecule has 0 bridgehead atoms. The van der Waals surface area contributed by atoms with Gasteiger partial charge in [-0.25, -0.2) is 4.79 Å². The van der Waals surface area contributed by atoms with Crippen molar-refractivity contribution in [2.75, 3.05) is 7.11 Å². The van der Waals surface area contributed by atoms with E-state index in [0.29, 0.717) is 11.5 Å². The molecule has 0 spiro atoms. The van der Waals surface area contributed by atoms with Gasteiger partial charge < -0.3 is 9.15 Å². The zero-order valence-electron chi connectivity index (χ0n) is 10.3. The number of hydrogen-bond donors (Lipinski definition) is 0. The van der Waals surface area contributed by atoms with E-state index in [9.17, 15) is 4.79 Å². The summed E-state index contributed by atoms with van der Waals surface area (Å²) in [5, 5.41) is 8.85. The van der Waals surface area contributed by atoms with Crippen LogP contribution in [0.15, 0.2) is 52.5 Å². The third kappa shape index (κ3) is 2.90. The van der Waals surface area contributed by atoms with E-state index < -0.39 is 5.97 Å². The Balaban J connectivity index is 2.30. The first-order valence-electron chi connectivity index (χ1n) is 5.60. The van der Waals surface area contributed by atoms with Gasteiger partial charge in [0.1, 0.15) is 23.2 Å². The minimum atomic E-state index is -0.680. The second kappa shape index (κ2) is 5.69. The number of furan rings is 1. The minimum Gasteiger partial charge on any atom is -0.465 e. The van der Waals surface area contributed by atoms with Gasteiger partial charge >= 0.3 is 5.97 Å². The Morgan fingerprint density at radius 2 is 2.00 bits per heavy atom. The standard InChI is InChI=1S/C15H11NO3/c1-18-15(17)12(10-16)9-13-7-8-14(19-13)11-5-3-2-4-6-11/h2-9H,1H3/b12-9-. The number of methoxy groups -OCH3 is 1. The van der Waals surface area contributed by atoms with Gasteiger partial charge in [-0.1, -0.05) is 30.3 Å². The van der Waals surface area contributed by atoms with E-state index in [1.54, 1.807) is 18.2 Å². The van der Waals surface area contributed by atoms with Crippen molar-refractivity contribution >= 4 is 12.0 Å². The second-order valence-corrected chi connectivity index (χ2v) is 3.73. The number of benzene rings is 1. The summed E-state index contributed by atoms with van der Waals surface area (Å²) < 4.78 is 10.1. The fourth-order valence-corrected chi connectivity index (χ4v) is 1.58. The summed E-state index contributed by atoms with van der Waals surface area (Å²) in [6, 6.07) is 14.8. The lowest BCUT2D eigenvalue weighted by Crippen LogP contribution is -2.02. The first-order chi connectivity index (χ1) is 9.24. The van der Waals surface area contributed by atoms with Gasteiger partial charge in [-0.2, -0.15) is 5.26 Å². The minimum absolute atomic E-state index is 0.100. The molecular weight excluding hydrogens is 242 g/mol. The molecule has 0 aliphatic heterocycles. The molecule has 2 rings (SSSR count). The lowest BCUT2D eigenvalue weighted by atomic mass is 10.2. The fourth-order valence-electron chi connectivity index (χ4n) is 1.58. The van der Waals surface area contributed by atoms with E-state index in [2.05, 4.69) is 4.74 Å². The van der Waals surface area contributed by atoms with Crippen LogP contribution < -0.4 is 0 Å². The number of nitriles is 1. The van der Waals surface area contributed by atoms with Crippen LogP contribution >= 0.6 is 0 Å². The Morgan fingerprint density at radius 3 is 2.63 bits per heavy atom. The van der Waals surface area contributed by atoms with Crippen molar-refractivity contribution in [1.82, 2.24) is 0 Å². The first kappa shape index (κ1) is 12.7. The molecule has 0 saturated carbocycles. The monoisotopic (exact) mass is 253 g/mol. The summed E-state index contributed by atoms with van der Waals surface area (Å²) in [7, 11) is 1.23. The quantitative estimate of drug-likeness (QED) is 0.479.